The van der Waals surface area contributed by atoms with E-state index in [-0.39, 0.29) is 60.0 Å². The molecule has 5 rings (SSSR count). The van der Waals surface area contributed by atoms with Crippen molar-refractivity contribution in [3.8, 4) is 0 Å². The number of aliphatic carboxylic acids is 1. The molecule has 0 radical (unpaired) electrons. The molecule has 2 aliphatic rings. The van der Waals surface area contributed by atoms with Crippen LogP contribution in [0.3, 0.4) is 0 Å². The van der Waals surface area contributed by atoms with Crippen LogP contribution in [0.5, 0.6) is 0 Å². The summed E-state index contributed by atoms with van der Waals surface area (Å²) in [6, 6.07) is 8.99. The number of carbonyl (C=O) groups is 3. The number of nitrogens with one attached hydrogen (secondary N) is 1. The zero-order chi connectivity index (χ0) is 29.3. The molecule has 0 unspecified atom stereocenters. The maximum absolute atomic E-state index is 15.1. The molecule has 1 saturated heterocycles. The van der Waals surface area contributed by atoms with Gasteiger partial charge >= 0.3 is 5.97 Å². The molecule has 2 atom stereocenters. The molecule has 2 fully saturated rings. The lowest BCUT2D eigenvalue weighted by Crippen LogP contribution is -2.40. The fourth-order valence-corrected chi connectivity index (χ4v) is 5.96. The Kier molecular flexibility index (Phi) is 8.55. The molecule has 0 spiro atoms. The molecule has 41 heavy (non-hydrogen) atoms. The first-order chi connectivity index (χ1) is 19.6. The van der Waals surface area contributed by atoms with E-state index in [1.807, 2.05) is 6.07 Å². The third-order valence-electron chi connectivity index (χ3n) is 7.91. The minimum atomic E-state index is -1.22. The molecule has 12 heteroatoms. The van der Waals surface area contributed by atoms with Crippen LogP contribution in [0.25, 0.3) is 10.9 Å². The van der Waals surface area contributed by atoms with E-state index < -0.39 is 35.8 Å². The van der Waals surface area contributed by atoms with Gasteiger partial charge in [-0.15, -0.1) is 0 Å². The summed E-state index contributed by atoms with van der Waals surface area (Å²) in [6.07, 6.45) is 0.670. The average molecular weight is 589 g/mol. The van der Waals surface area contributed by atoms with E-state index in [4.69, 9.17) is 21.4 Å². The van der Waals surface area contributed by atoms with Gasteiger partial charge in [-0.3, -0.25) is 19.1 Å². The van der Waals surface area contributed by atoms with Gasteiger partial charge in [-0.05, 0) is 49.4 Å². The third kappa shape index (κ3) is 6.36. The number of benzene rings is 2. The number of ether oxygens (including phenoxy) is 1. The third-order valence-corrected chi connectivity index (χ3v) is 8.23. The highest BCUT2D eigenvalue weighted by molar-refractivity contribution is 6.34. The van der Waals surface area contributed by atoms with E-state index >= 15 is 4.39 Å². The Bertz CT molecular complexity index is 1470. The monoisotopic (exact) mass is 588 g/mol. The molecular formula is C29H31ClF2N4O5. The van der Waals surface area contributed by atoms with Gasteiger partial charge in [-0.25, -0.2) is 8.78 Å². The number of amides is 2. The summed E-state index contributed by atoms with van der Waals surface area (Å²) >= 11 is 6.38. The van der Waals surface area contributed by atoms with E-state index in [1.165, 1.54) is 15.6 Å². The Labute approximate surface area is 240 Å². The quantitative estimate of drug-likeness (QED) is 0.392. The van der Waals surface area contributed by atoms with Crippen molar-refractivity contribution >= 4 is 46.0 Å². The predicted octanol–water partition coefficient (Wildman–Crippen LogP) is 4.76. The maximum Gasteiger partial charge on any atom is 0.306 e. The number of fused-ring (bicyclic) bond motifs is 1. The minimum absolute atomic E-state index is 0.0259. The average Bonchev–Trinajstić information content (AvgIpc) is 3.48. The summed E-state index contributed by atoms with van der Waals surface area (Å²) in [5.41, 5.74) is 0.995. The Hall–Kier alpha value is -3.57. The highest BCUT2D eigenvalue weighted by Gasteiger charge is 2.37. The Morgan fingerprint density at radius 1 is 1.17 bits per heavy atom. The first kappa shape index (κ1) is 28.9. The Balaban J connectivity index is 1.22. The molecule has 1 saturated carbocycles. The number of anilines is 1. The zero-order valence-electron chi connectivity index (χ0n) is 22.5. The SMILES string of the molecule is Cn1nc2ccccc2c1C(=O)Nc1cc(F)c(CC(=O)N2C[C@@H](F)C[C@H]2COC2CCC(C(=O)O)CC2)cc1Cl. The van der Waals surface area contributed by atoms with Crippen LogP contribution in [0, 0.1) is 11.7 Å². The predicted molar refractivity (Wildman–Crippen MR) is 148 cm³/mol. The highest BCUT2D eigenvalue weighted by atomic mass is 35.5. The topological polar surface area (TPSA) is 114 Å². The second-order valence-electron chi connectivity index (χ2n) is 10.7. The fraction of sp³-hybridized carbons (Fsp3) is 0.448. The van der Waals surface area contributed by atoms with Crippen molar-refractivity contribution in [1.29, 1.82) is 0 Å². The number of alkyl halides is 1. The standard InChI is InChI=1S/C29H31ClF2N4O5/c1-35-27(21-4-2-3-5-24(21)34-35)28(38)33-25-13-23(32)17(10-22(25)30)11-26(37)36-14-18(31)12-19(36)15-41-20-8-6-16(7-9-20)29(39)40/h2-5,10,13,16,18-20H,6-9,11-12,14-15H2,1H3,(H,33,38)(H,39,40)/t16?,18-,19-,20?/m0/s1. The van der Waals surface area contributed by atoms with Crippen LogP contribution < -0.4 is 5.32 Å². The molecule has 2 aromatic carbocycles. The Morgan fingerprint density at radius 2 is 1.90 bits per heavy atom. The van der Waals surface area contributed by atoms with Gasteiger partial charge in [-0.1, -0.05) is 29.8 Å². The second kappa shape index (κ2) is 12.1. The number of likely N-dealkylation sites (tertiary alicyclic amines) is 1. The van der Waals surface area contributed by atoms with Gasteiger partial charge < -0.3 is 20.1 Å². The number of halogens is 3. The Morgan fingerprint density at radius 3 is 2.63 bits per heavy atom. The number of nitrogens with zero attached hydrogens (tertiary/aromatic N) is 3. The van der Waals surface area contributed by atoms with Crippen LogP contribution in [-0.4, -0.2) is 69.0 Å². The lowest BCUT2D eigenvalue weighted by molar-refractivity contribution is -0.144. The van der Waals surface area contributed by atoms with Crippen molar-refractivity contribution in [2.24, 2.45) is 13.0 Å². The van der Waals surface area contributed by atoms with Gasteiger partial charge in [0.25, 0.3) is 5.91 Å². The van der Waals surface area contributed by atoms with Gasteiger partial charge in [0.1, 0.15) is 17.7 Å². The molecule has 1 aliphatic carbocycles. The van der Waals surface area contributed by atoms with Gasteiger partial charge in [0, 0.05) is 18.9 Å². The summed E-state index contributed by atoms with van der Waals surface area (Å²) < 4.78 is 36.8. The number of carbonyl (C=O) groups excluding carboxylic acids is 2. The summed E-state index contributed by atoms with van der Waals surface area (Å²) in [6.45, 7) is 0.0201. The maximum atomic E-state index is 15.1. The van der Waals surface area contributed by atoms with Crippen molar-refractivity contribution in [3.63, 3.8) is 0 Å². The van der Waals surface area contributed by atoms with Crippen molar-refractivity contribution in [2.45, 2.75) is 56.8 Å². The van der Waals surface area contributed by atoms with Gasteiger partial charge in [0.2, 0.25) is 5.91 Å². The molecule has 1 aromatic heterocycles. The highest BCUT2D eigenvalue weighted by Crippen LogP contribution is 2.30. The number of aromatic nitrogens is 2. The zero-order valence-corrected chi connectivity index (χ0v) is 23.2. The molecule has 9 nitrogen and oxygen atoms in total. The molecule has 218 valence electrons. The van der Waals surface area contributed by atoms with Gasteiger partial charge in [0.15, 0.2) is 0 Å². The van der Waals surface area contributed by atoms with Crippen LogP contribution in [0.15, 0.2) is 36.4 Å². The number of carboxylic acid groups (broad SMARTS) is 1. The van der Waals surface area contributed by atoms with E-state index in [0.717, 1.165) is 6.07 Å². The first-order valence-corrected chi connectivity index (χ1v) is 14.0. The van der Waals surface area contributed by atoms with Crippen LogP contribution in [0.2, 0.25) is 5.02 Å². The van der Waals surface area contributed by atoms with Crippen molar-refractivity contribution in [3.05, 3.63) is 58.5 Å². The lowest BCUT2D eigenvalue weighted by Gasteiger charge is -2.30. The number of rotatable bonds is 8. The number of aryl methyl sites for hydroxylation is 1. The van der Waals surface area contributed by atoms with E-state index in [0.29, 0.717) is 36.6 Å². The number of hydrogen-bond acceptors (Lipinski definition) is 5. The molecule has 1 aliphatic heterocycles. The number of hydrogen-bond donors (Lipinski definition) is 2. The summed E-state index contributed by atoms with van der Waals surface area (Å²) in [5.74, 6) is -2.88. The summed E-state index contributed by atoms with van der Waals surface area (Å²) in [7, 11) is 1.63. The molecule has 2 amide bonds. The minimum Gasteiger partial charge on any atom is -0.481 e. The van der Waals surface area contributed by atoms with Crippen molar-refractivity contribution < 1.29 is 33.0 Å². The summed E-state index contributed by atoms with van der Waals surface area (Å²) in [4.78, 5) is 38.7. The second-order valence-corrected chi connectivity index (χ2v) is 11.1. The van der Waals surface area contributed by atoms with E-state index in [9.17, 15) is 18.8 Å². The van der Waals surface area contributed by atoms with Crippen LogP contribution >= 0.6 is 11.6 Å². The molecule has 2 heterocycles. The fourth-order valence-electron chi connectivity index (χ4n) is 5.73. The van der Waals surface area contributed by atoms with Crippen LogP contribution in [0.4, 0.5) is 14.5 Å². The van der Waals surface area contributed by atoms with Crippen molar-refractivity contribution in [2.75, 3.05) is 18.5 Å². The molecular weight excluding hydrogens is 558 g/mol. The first-order valence-electron chi connectivity index (χ1n) is 13.6. The van der Waals surface area contributed by atoms with E-state index in [2.05, 4.69) is 10.4 Å². The number of carboxylic acids is 1. The lowest BCUT2D eigenvalue weighted by atomic mass is 9.87. The van der Waals surface area contributed by atoms with Crippen LogP contribution in [0.1, 0.15) is 48.2 Å². The van der Waals surface area contributed by atoms with E-state index in [1.54, 1.807) is 25.2 Å². The van der Waals surface area contributed by atoms with Crippen molar-refractivity contribution in [1.82, 2.24) is 14.7 Å². The molecule has 2 N–H and O–H groups in total. The van der Waals surface area contributed by atoms with Gasteiger partial charge in [-0.2, -0.15) is 5.10 Å². The largest absolute Gasteiger partial charge is 0.481 e. The summed E-state index contributed by atoms with van der Waals surface area (Å²) in [5, 5.41) is 16.8. The normalized spacial score (nSPS) is 22.7. The van der Waals surface area contributed by atoms with Crippen LogP contribution in [-0.2, 0) is 27.8 Å². The molecule has 3 aromatic rings. The molecule has 0 bridgehead atoms. The van der Waals surface area contributed by atoms with Gasteiger partial charge in [0.05, 0.1) is 53.9 Å². The smallest absolute Gasteiger partial charge is 0.306 e.